The second-order valence-electron chi connectivity index (χ2n) is 5.29. The molecule has 0 aliphatic carbocycles. The Morgan fingerprint density at radius 2 is 1.25 bits per heavy atom. The third kappa shape index (κ3) is 6.08. The van der Waals surface area contributed by atoms with Crippen molar-refractivity contribution in [3.05, 3.63) is 85.5 Å². The van der Waals surface area contributed by atoms with Gasteiger partial charge in [0.05, 0.1) is 22.8 Å². The Bertz CT molecular complexity index is 603. The Kier molecular flexibility index (Phi) is 7.28. The first-order chi connectivity index (χ1) is 11.8. The van der Waals surface area contributed by atoms with Crippen LogP contribution in [0.1, 0.15) is 24.2 Å². The van der Waals surface area contributed by atoms with E-state index in [2.05, 4.69) is 45.9 Å². The third-order valence-electron chi connectivity index (χ3n) is 3.41. The van der Waals surface area contributed by atoms with Gasteiger partial charge in [-0.05, 0) is 37.1 Å². The van der Waals surface area contributed by atoms with E-state index < -0.39 is 0 Å². The van der Waals surface area contributed by atoms with Crippen molar-refractivity contribution in [1.29, 1.82) is 0 Å². The average molecular weight is 320 g/mol. The summed E-state index contributed by atoms with van der Waals surface area (Å²) in [5, 5.41) is 6.57. The van der Waals surface area contributed by atoms with Gasteiger partial charge in [-0.3, -0.25) is 9.97 Å². The maximum atomic E-state index is 4.26. The molecule has 0 saturated heterocycles. The lowest BCUT2D eigenvalue weighted by Crippen LogP contribution is -2.13. The third-order valence-corrected chi connectivity index (χ3v) is 3.41. The predicted octanol–water partition coefficient (Wildman–Crippen LogP) is 3.63. The Morgan fingerprint density at radius 1 is 0.792 bits per heavy atom. The number of rotatable bonds is 10. The van der Waals surface area contributed by atoms with Crippen molar-refractivity contribution in [2.45, 2.75) is 12.8 Å². The largest absolute Gasteiger partial charge is 0.383 e. The molecule has 0 aliphatic heterocycles. The van der Waals surface area contributed by atoms with E-state index in [1.807, 2.05) is 36.4 Å². The molecule has 0 spiro atoms. The van der Waals surface area contributed by atoms with Gasteiger partial charge in [0.2, 0.25) is 0 Å². The summed E-state index contributed by atoms with van der Waals surface area (Å²) in [7, 11) is 0. The summed E-state index contributed by atoms with van der Waals surface area (Å²) in [4.78, 5) is 8.52. The number of nitrogens with zero attached hydrogens (tertiary/aromatic N) is 2. The van der Waals surface area contributed by atoms with Gasteiger partial charge in [0.15, 0.2) is 0 Å². The first kappa shape index (κ1) is 17.5. The van der Waals surface area contributed by atoms with Gasteiger partial charge < -0.3 is 10.6 Å². The maximum Gasteiger partial charge on any atom is 0.0854 e. The summed E-state index contributed by atoms with van der Waals surface area (Å²) in [5.74, 6) is 0. The Balaban J connectivity index is 1.55. The predicted molar refractivity (Wildman–Crippen MR) is 101 cm³/mol. The van der Waals surface area contributed by atoms with Crippen LogP contribution in [0.15, 0.2) is 74.1 Å². The number of aromatic nitrogens is 2. The molecule has 0 aromatic carbocycles. The molecule has 0 amide bonds. The summed E-state index contributed by atoms with van der Waals surface area (Å²) in [6.45, 7) is 9.69. The lowest BCUT2D eigenvalue weighted by molar-refractivity contribution is 0.843. The molecule has 2 aromatic heterocycles. The van der Waals surface area contributed by atoms with Gasteiger partial charge in [0, 0.05) is 25.5 Å². The van der Waals surface area contributed by atoms with E-state index in [0.29, 0.717) is 0 Å². The van der Waals surface area contributed by atoms with Crippen LogP contribution in [0.3, 0.4) is 0 Å². The van der Waals surface area contributed by atoms with E-state index in [1.165, 1.54) is 0 Å². The van der Waals surface area contributed by atoms with Gasteiger partial charge in [-0.25, -0.2) is 0 Å². The van der Waals surface area contributed by atoms with E-state index in [1.54, 1.807) is 12.4 Å². The van der Waals surface area contributed by atoms with Crippen molar-refractivity contribution >= 4 is 11.4 Å². The van der Waals surface area contributed by atoms with Crippen LogP contribution in [-0.4, -0.2) is 23.1 Å². The molecule has 2 rings (SSSR count). The molecule has 0 saturated carbocycles. The van der Waals surface area contributed by atoms with E-state index >= 15 is 0 Å². The first-order valence-corrected chi connectivity index (χ1v) is 8.11. The number of hydrogen-bond donors (Lipinski definition) is 2. The second-order valence-corrected chi connectivity index (χ2v) is 5.29. The van der Waals surface area contributed by atoms with Gasteiger partial charge >= 0.3 is 0 Å². The van der Waals surface area contributed by atoms with Crippen molar-refractivity contribution in [3.8, 4) is 0 Å². The van der Waals surface area contributed by atoms with Gasteiger partial charge in [0.1, 0.15) is 0 Å². The van der Waals surface area contributed by atoms with E-state index in [0.717, 1.165) is 48.7 Å². The van der Waals surface area contributed by atoms with Crippen LogP contribution in [0, 0.1) is 0 Å². The highest BCUT2D eigenvalue weighted by Crippen LogP contribution is 2.05. The number of hydrogen-bond acceptors (Lipinski definition) is 4. The monoisotopic (exact) mass is 320 g/mol. The minimum atomic E-state index is 0.847. The Morgan fingerprint density at radius 3 is 1.62 bits per heavy atom. The average Bonchev–Trinajstić information content (AvgIpc) is 2.65. The molecule has 2 N–H and O–H groups in total. The molecule has 0 unspecified atom stereocenters. The van der Waals surface area contributed by atoms with Gasteiger partial charge in [-0.1, -0.05) is 37.4 Å². The quantitative estimate of drug-likeness (QED) is 0.518. The Hall–Kier alpha value is -2.88. The van der Waals surface area contributed by atoms with E-state index in [4.69, 9.17) is 0 Å². The van der Waals surface area contributed by atoms with Crippen molar-refractivity contribution in [2.24, 2.45) is 0 Å². The highest BCUT2D eigenvalue weighted by molar-refractivity contribution is 5.58. The lowest BCUT2D eigenvalue weighted by Gasteiger charge is -2.08. The summed E-state index contributed by atoms with van der Waals surface area (Å²) >= 11 is 0. The molecular formula is C20H24N4. The molecule has 2 aromatic rings. The van der Waals surface area contributed by atoms with Crippen LogP contribution < -0.4 is 10.6 Å². The summed E-state index contributed by atoms with van der Waals surface area (Å²) in [5.41, 5.74) is 3.49. The van der Waals surface area contributed by atoms with Crippen LogP contribution in [0.4, 0.5) is 0 Å². The van der Waals surface area contributed by atoms with Crippen LogP contribution in [-0.2, 0) is 0 Å². The zero-order valence-electron chi connectivity index (χ0n) is 13.9. The minimum Gasteiger partial charge on any atom is -0.383 e. The highest BCUT2D eigenvalue weighted by Gasteiger charge is 1.97. The molecule has 0 bridgehead atoms. The zero-order chi connectivity index (χ0) is 17.0. The molecule has 124 valence electrons. The molecule has 0 radical (unpaired) electrons. The zero-order valence-corrected chi connectivity index (χ0v) is 13.9. The fourth-order valence-corrected chi connectivity index (χ4v) is 2.11. The smallest absolute Gasteiger partial charge is 0.0854 e. The standard InChI is InChI=1S/C20H24N4/c1-17(19-11-5-9-15-23-19)21-13-7-3-4-8-14-22-18(2)20-12-6-10-16-24-20/h3-6,9-12,15-16,21-22H,1-2,7-8,13-14H2/b4-3+. The van der Waals surface area contributed by atoms with Crippen molar-refractivity contribution in [2.75, 3.05) is 13.1 Å². The second kappa shape index (κ2) is 10.0. The minimum absolute atomic E-state index is 0.847. The van der Waals surface area contributed by atoms with E-state index in [9.17, 15) is 0 Å². The first-order valence-electron chi connectivity index (χ1n) is 8.11. The molecule has 4 nitrogen and oxygen atoms in total. The topological polar surface area (TPSA) is 49.8 Å². The van der Waals surface area contributed by atoms with Crippen LogP contribution in [0.25, 0.3) is 11.4 Å². The fourth-order valence-electron chi connectivity index (χ4n) is 2.11. The fraction of sp³-hybridized carbons (Fsp3) is 0.200. The Labute approximate surface area is 144 Å². The molecule has 2 heterocycles. The van der Waals surface area contributed by atoms with Crippen LogP contribution >= 0.6 is 0 Å². The summed E-state index contributed by atoms with van der Waals surface area (Å²) in [6, 6.07) is 11.6. The maximum absolute atomic E-state index is 4.26. The van der Waals surface area contributed by atoms with Gasteiger partial charge in [0.25, 0.3) is 0 Å². The van der Waals surface area contributed by atoms with Crippen LogP contribution in [0.5, 0.6) is 0 Å². The molecule has 0 atom stereocenters. The van der Waals surface area contributed by atoms with E-state index in [-0.39, 0.29) is 0 Å². The molecule has 0 aliphatic rings. The molecular weight excluding hydrogens is 296 g/mol. The lowest BCUT2D eigenvalue weighted by atomic mass is 10.2. The van der Waals surface area contributed by atoms with Crippen LogP contribution in [0.2, 0.25) is 0 Å². The SMILES string of the molecule is C=C(NCC/C=C/CCNC(=C)c1ccccn1)c1ccccn1. The number of nitrogens with one attached hydrogen (secondary N) is 2. The highest BCUT2D eigenvalue weighted by atomic mass is 14.9. The van der Waals surface area contributed by atoms with Gasteiger partial charge in [-0.15, -0.1) is 0 Å². The number of pyridine rings is 2. The normalized spacial score (nSPS) is 10.5. The summed E-state index contributed by atoms with van der Waals surface area (Å²) < 4.78 is 0. The molecule has 24 heavy (non-hydrogen) atoms. The molecule has 0 fully saturated rings. The van der Waals surface area contributed by atoms with Crippen molar-refractivity contribution in [3.63, 3.8) is 0 Å². The van der Waals surface area contributed by atoms with Crippen molar-refractivity contribution in [1.82, 2.24) is 20.6 Å². The summed E-state index contributed by atoms with van der Waals surface area (Å²) in [6.07, 6.45) is 9.79. The van der Waals surface area contributed by atoms with Crippen molar-refractivity contribution < 1.29 is 0 Å². The van der Waals surface area contributed by atoms with Gasteiger partial charge in [-0.2, -0.15) is 0 Å². The molecule has 4 heteroatoms.